The van der Waals surface area contributed by atoms with Crippen LogP contribution in [0.1, 0.15) is 58.3 Å². The minimum absolute atomic E-state index is 0.0891. The molecule has 1 rings (SSSR count). The van der Waals surface area contributed by atoms with Crippen molar-refractivity contribution in [3.8, 4) is 0 Å². The highest BCUT2D eigenvalue weighted by atomic mass is 35.5. The van der Waals surface area contributed by atoms with Gasteiger partial charge in [-0.1, -0.05) is 39.0 Å². The molecule has 0 aliphatic carbocycles. The summed E-state index contributed by atoms with van der Waals surface area (Å²) >= 11 is 5.76. The molecule has 0 aromatic carbocycles. The lowest BCUT2D eigenvalue weighted by Gasteiger charge is -2.07. The van der Waals surface area contributed by atoms with Gasteiger partial charge in [-0.2, -0.15) is 0 Å². The Morgan fingerprint density at radius 1 is 1.27 bits per heavy atom. The van der Waals surface area contributed by atoms with E-state index < -0.39 is 5.38 Å². The SMILES string of the molecule is CCCCCCCC[C@H]1C[C@@H](Cl)C(=O)O1. The van der Waals surface area contributed by atoms with Gasteiger partial charge < -0.3 is 4.74 Å². The summed E-state index contributed by atoms with van der Waals surface area (Å²) < 4.78 is 5.13. The molecule has 1 fully saturated rings. The van der Waals surface area contributed by atoms with Gasteiger partial charge in [0.05, 0.1) is 0 Å². The number of alkyl halides is 1. The number of unbranched alkanes of at least 4 members (excludes halogenated alkanes) is 5. The number of esters is 1. The van der Waals surface area contributed by atoms with Gasteiger partial charge in [0.15, 0.2) is 0 Å². The van der Waals surface area contributed by atoms with Gasteiger partial charge in [-0.3, -0.25) is 4.79 Å². The first kappa shape index (κ1) is 12.8. The second kappa shape index (κ2) is 7.10. The molecule has 0 bridgehead atoms. The Labute approximate surface area is 97.3 Å². The third kappa shape index (κ3) is 4.87. The van der Waals surface area contributed by atoms with Crippen molar-refractivity contribution in [2.45, 2.75) is 69.8 Å². The molecule has 2 nitrogen and oxygen atoms in total. The van der Waals surface area contributed by atoms with Crippen LogP contribution in [-0.4, -0.2) is 17.5 Å². The van der Waals surface area contributed by atoms with Gasteiger partial charge in [-0.15, -0.1) is 11.6 Å². The van der Waals surface area contributed by atoms with Crippen molar-refractivity contribution in [2.75, 3.05) is 0 Å². The van der Waals surface area contributed by atoms with Gasteiger partial charge in [0.1, 0.15) is 11.5 Å². The summed E-state index contributed by atoms with van der Waals surface area (Å²) in [4.78, 5) is 11.0. The molecule has 1 heterocycles. The summed E-state index contributed by atoms with van der Waals surface area (Å²) in [5.74, 6) is -0.229. The van der Waals surface area contributed by atoms with E-state index in [2.05, 4.69) is 6.92 Å². The van der Waals surface area contributed by atoms with E-state index >= 15 is 0 Å². The third-order valence-corrected chi connectivity index (χ3v) is 3.24. The van der Waals surface area contributed by atoms with Gasteiger partial charge in [-0.25, -0.2) is 0 Å². The molecule has 1 saturated heterocycles. The minimum Gasteiger partial charge on any atom is -0.461 e. The quantitative estimate of drug-likeness (QED) is 0.380. The molecular weight excluding hydrogens is 212 g/mol. The fourth-order valence-corrected chi connectivity index (χ4v) is 2.19. The van der Waals surface area contributed by atoms with E-state index in [0.29, 0.717) is 6.42 Å². The molecule has 1 aliphatic heterocycles. The van der Waals surface area contributed by atoms with Gasteiger partial charge in [0.2, 0.25) is 0 Å². The van der Waals surface area contributed by atoms with Crippen LogP contribution >= 0.6 is 11.6 Å². The van der Waals surface area contributed by atoms with E-state index in [1.54, 1.807) is 0 Å². The minimum atomic E-state index is -0.393. The molecule has 88 valence electrons. The van der Waals surface area contributed by atoms with Gasteiger partial charge >= 0.3 is 5.97 Å². The molecule has 0 saturated carbocycles. The van der Waals surface area contributed by atoms with Crippen LogP contribution in [0.3, 0.4) is 0 Å². The average Bonchev–Trinajstić information content (AvgIpc) is 2.52. The molecule has 1 aliphatic rings. The maximum atomic E-state index is 11.0. The smallest absolute Gasteiger partial charge is 0.324 e. The van der Waals surface area contributed by atoms with Crippen molar-refractivity contribution in [3.63, 3.8) is 0 Å². The number of cyclic esters (lactones) is 1. The monoisotopic (exact) mass is 232 g/mol. The first-order chi connectivity index (χ1) is 7.24. The summed E-state index contributed by atoms with van der Waals surface area (Å²) in [6.45, 7) is 2.22. The summed E-state index contributed by atoms with van der Waals surface area (Å²) in [5.41, 5.74) is 0. The van der Waals surface area contributed by atoms with Crippen molar-refractivity contribution in [2.24, 2.45) is 0 Å². The van der Waals surface area contributed by atoms with Crippen LogP contribution in [0, 0.1) is 0 Å². The number of carbonyl (C=O) groups excluding carboxylic acids is 1. The Balaban J connectivity index is 1.95. The molecule has 0 radical (unpaired) electrons. The molecule has 0 spiro atoms. The summed E-state index contributed by atoms with van der Waals surface area (Å²) in [7, 11) is 0. The van der Waals surface area contributed by atoms with Crippen LogP contribution in [-0.2, 0) is 9.53 Å². The maximum Gasteiger partial charge on any atom is 0.324 e. The fourth-order valence-electron chi connectivity index (χ4n) is 1.94. The topological polar surface area (TPSA) is 26.3 Å². The first-order valence-electron chi connectivity index (χ1n) is 6.08. The Kier molecular flexibility index (Phi) is 6.07. The van der Waals surface area contributed by atoms with Gasteiger partial charge in [0.25, 0.3) is 0 Å². The van der Waals surface area contributed by atoms with Gasteiger partial charge in [-0.05, 0) is 12.8 Å². The van der Waals surface area contributed by atoms with E-state index in [1.807, 2.05) is 0 Å². The van der Waals surface area contributed by atoms with E-state index in [1.165, 1.54) is 32.1 Å². The van der Waals surface area contributed by atoms with Crippen LogP contribution < -0.4 is 0 Å². The second-order valence-electron chi connectivity index (χ2n) is 4.32. The van der Waals surface area contributed by atoms with Crippen LogP contribution in [0.5, 0.6) is 0 Å². The van der Waals surface area contributed by atoms with Crippen molar-refractivity contribution >= 4 is 17.6 Å². The zero-order valence-electron chi connectivity index (χ0n) is 9.51. The molecule has 0 unspecified atom stereocenters. The molecule has 0 N–H and O–H groups in total. The highest BCUT2D eigenvalue weighted by molar-refractivity contribution is 6.30. The second-order valence-corrected chi connectivity index (χ2v) is 4.85. The normalized spacial score (nSPS) is 25.6. The number of rotatable bonds is 7. The highest BCUT2D eigenvalue weighted by Crippen LogP contribution is 2.23. The lowest BCUT2D eigenvalue weighted by atomic mass is 10.1. The third-order valence-electron chi connectivity index (χ3n) is 2.89. The van der Waals surface area contributed by atoms with E-state index in [0.717, 1.165) is 12.8 Å². The first-order valence-corrected chi connectivity index (χ1v) is 6.52. The van der Waals surface area contributed by atoms with Crippen molar-refractivity contribution in [1.29, 1.82) is 0 Å². The highest BCUT2D eigenvalue weighted by Gasteiger charge is 2.31. The molecule has 0 aromatic heterocycles. The van der Waals surface area contributed by atoms with Crippen molar-refractivity contribution in [1.82, 2.24) is 0 Å². The molecule has 3 heteroatoms. The predicted molar refractivity (Wildman–Crippen MR) is 62.1 cm³/mol. The lowest BCUT2D eigenvalue weighted by molar-refractivity contribution is -0.141. The molecule has 0 amide bonds. The number of carbonyl (C=O) groups is 1. The summed E-state index contributed by atoms with van der Waals surface area (Å²) in [6, 6.07) is 0. The number of ether oxygens (including phenoxy) is 1. The molecule has 0 aromatic rings. The Bertz CT molecular complexity index is 194. The fraction of sp³-hybridized carbons (Fsp3) is 0.917. The van der Waals surface area contributed by atoms with E-state index in [-0.39, 0.29) is 12.1 Å². The van der Waals surface area contributed by atoms with Gasteiger partial charge in [0, 0.05) is 6.42 Å². The molecule has 15 heavy (non-hydrogen) atoms. The van der Waals surface area contributed by atoms with Crippen LogP contribution in [0.15, 0.2) is 0 Å². The largest absolute Gasteiger partial charge is 0.461 e. The zero-order chi connectivity index (χ0) is 11.1. The van der Waals surface area contributed by atoms with Crippen molar-refractivity contribution < 1.29 is 9.53 Å². The zero-order valence-corrected chi connectivity index (χ0v) is 10.3. The molecule has 2 atom stereocenters. The van der Waals surface area contributed by atoms with Crippen molar-refractivity contribution in [3.05, 3.63) is 0 Å². The lowest BCUT2D eigenvalue weighted by Crippen LogP contribution is -2.06. The number of halogens is 1. The standard InChI is InChI=1S/C12H21ClO2/c1-2-3-4-5-6-7-8-10-9-11(13)12(14)15-10/h10-11H,2-9H2,1H3/t10-,11+/m0/s1. The molecular formula is C12H21ClO2. The van der Waals surface area contributed by atoms with Crippen LogP contribution in [0.2, 0.25) is 0 Å². The number of hydrogen-bond acceptors (Lipinski definition) is 2. The summed E-state index contributed by atoms with van der Waals surface area (Å²) in [6.07, 6.45) is 9.45. The Morgan fingerprint density at radius 3 is 2.53 bits per heavy atom. The van der Waals surface area contributed by atoms with Crippen LogP contribution in [0.4, 0.5) is 0 Å². The van der Waals surface area contributed by atoms with Crippen LogP contribution in [0.25, 0.3) is 0 Å². The Morgan fingerprint density at radius 2 is 1.93 bits per heavy atom. The van der Waals surface area contributed by atoms with E-state index in [9.17, 15) is 4.79 Å². The average molecular weight is 233 g/mol. The maximum absolute atomic E-state index is 11.0. The van der Waals surface area contributed by atoms with E-state index in [4.69, 9.17) is 16.3 Å². The predicted octanol–water partition coefficient (Wildman–Crippen LogP) is 3.66. The number of hydrogen-bond donors (Lipinski definition) is 0. The Hall–Kier alpha value is -0.240. The summed E-state index contributed by atoms with van der Waals surface area (Å²) in [5, 5.41) is -0.393.